The molecule has 35 heavy (non-hydrogen) atoms. The summed E-state index contributed by atoms with van der Waals surface area (Å²) >= 11 is 1.59. The summed E-state index contributed by atoms with van der Waals surface area (Å²) in [6.07, 6.45) is 1.23. The lowest BCUT2D eigenvalue weighted by Crippen LogP contribution is -2.33. The molecule has 2 aliphatic rings. The van der Waals surface area contributed by atoms with Gasteiger partial charge in [0.1, 0.15) is 5.75 Å². The minimum Gasteiger partial charge on any atom is -0.493 e. The number of ether oxygens (including phenoxy) is 3. The van der Waals surface area contributed by atoms with Crippen LogP contribution in [0.3, 0.4) is 0 Å². The number of benzene rings is 2. The number of hydrazone groups is 1. The molecule has 0 radical (unpaired) electrons. The van der Waals surface area contributed by atoms with Gasteiger partial charge in [0.2, 0.25) is 0 Å². The molecule has 3 aromatic rings. The fraction of sp³-hybridized carbons (Fsp3) is 0.269. The topological polar surface area (TPSA) is 89.5 Å². The average Bonchev–Trinajstić information content (AvgIpc) is 3.57. The van der Waals surface area contributed by atoms with Gasteiger partial charge in [-0.25, -0.2) is 5.01 Å². The van der Waals surface area contributed by atoms with Crippen molar-refractivity contribution in [3.8, 4) is 17.2 Å². The number of hydrogen-bond donors (Lipinski definition) is 1. The summed E-state index contributed by atoms with van der Waals surface area (Å²) in [5, 5.41) is 11.0. The Morgan fingerprint density at radius 2 is 1.97 bits per heavy atom. The highest BCUT2D eigenvalue weighted by molar-refractivity contribution is 7.12. The van der Waals surface area contributed by atoms with Gasteiger partial charge >= 0.3 is 0 Å². The van der Waals surface area contributed by atoms with E-state index >= 15 is 0 Å². The third-order valence-electron chi connectivity index (χ3n) is 6.15. The number of amides is 2. The van der Waals surface area contributed by atoms with Crippen LogP contribution < -0.4 is 19.5 Å². The van der Waals surface area contributed by atoms with Crippen LogP contribution in [0.15, 0.2) is 59.0 Å². The Labute approximate surface area is 207 Å². The molecule has 1 aromatic heterocycles. The lowest BCUT2D eigenvalue weighted by molar-refractivity contribution is -0.135. The molecular weight excluding hydrogens is 466 g/mol. The quantitative estimate of drug-likeness (QED) is 0.543. The molecule has 0 saturated carbocycles. The second kappa shape index (κ2) is 9.79. The smallest absolute Gasteiger partial charge is 0.281 e. The number of nitrogens with one attached hydrogen (secondary N) is 1. The van der Waals surface area contributed by atoms with Crippen LogP contribution in [0.4, 0.5) is 0 Å². The van der Waals surface area contributed by atoms with Crippen molar-refractivity contribution in [3.05, 3.63) is 75.5 Å². The Morgan fingerprint density at radius 3 is 2.74 bits per heavy atom. The molecule has 9 heteroatoms. The first-order valence-corrected chi connectivity index (χ1v) is 12.1. The van der Waals surface area contributed by atoms with Crippen LogP contribution in [0.2, 0.25) is 0 Å². The first-order valence-electron chi connectivity index (χ1n) is 11.3. The fourth-order valence-corrected chi connectivity index (χ4v) is 5.15. The van der Waals surface area contributed by atoms with E-state index in [2.05, 4.69) is 5.32 Å². The van der Waals surface area contributed by atoms with E-state index in [9.17, 15) is 9.59 Å². The number of carbonyl (C=O) groups is 2. The number of nitrogens with zero attached hydrogens (tertiary/aromatic N) is 2. The van der Waals surface area contributed by atoms with Gasteiger partial charge in [0.25, 0.3) is 11.8 Å². The lowest BCUT2D eigenvalue weighted by Gasteiger charge is -2.24. The van der Waals surface area contributed by atoms with Gasteiger partial charge in [-0.2, -0.15) is 5.10 Å². The highest BCUT2D eigenvalue weighted by Gasteiger charge is 2.34. The van der Waals surface area contributed by atoms with Crippen LogP contribution in [0, 0.1) is 0 Å². The molecule has 0 saturated heterocycles. The SMILES string of the molecule is COc1ccc([C@H]2CC(c3cccs3)=NN2C(=O)COc2cccc3c2CCNC3=O)cc1OC. The summed E-state index contributed by atoms with van der Waals surface area (Å²) in [5.41, 5.74) is 3.15. The Hall–Kier alpha value is -3.85. The third-order valence-corrected chi connectivity index (χ3v) is 7.07. The summed E-state index contributed by atoms with van der Waals surface area (Å²) < 4.78 is 16.8. The molecule has 0 unspecified atom stereocenters. The normalized spacial score (nSPS) is 16.9. The summed E-state index contributed by atoms with van der Waals surface area (Å²) in [4.78, 5) is 26.6. The molecule has 0 bridgehead atoms. The van der Waals surface area contributed by atoms with Crippen LogP contribution in [0.1, 0.15) is 38.8 Å². The van der Waals surface area contributed by atoms with Crippen LogP contribution in [0.25, 0.3) is 0 Å². The molecule has 180 valence electrons. The number of fused-ring (bicyclic) bond motifs is 1. The number of hydrogen-bond acceptors (Lipinski definition) is 7. The van der Waals surface area contributed by atoms with E-state index in [1.807, 2.05) is 35.7 Å². The van der Waals surface area contributed by atoms with E-state index in [0.29, 0.717) is 42.2 Å². The Morgan fingerprint density at radius 1 is 1.11 bits per heavy atom. The summed E-state index contributed by atoms with van der Waals surface area (Å²) in [5.74, 6) is 1.37. The molecule has 2 aromatic carbocycles. The summed E-state index contributed by atoms with van der Waals surface area (Å²) in [6, 6.07) is 14.6. The Balaban J connectivity index is 1.41. The van der Waals surface area contributed by atoms with Gasteiger partial charge in [0, 0.05) is 24.1 Å². The van der Waals surface area contributed by atoms with Crippen molar-refractivity contribution in [2.75, 3.05) is 27.4 Å². The van der Waals surface area contributed by atoms with Crippen molar-refractivity contribution < 1.29 is 23.8 Å². The van der Waals surface area contributed by atoms with Crippen LogP contribution >= 0.6 is 11.3 Å². The van der Waals surface area contributed by atoms with E-state index in [-0.39, 0.29) is 24.5 Å². The van der Waals surface area contributed by atoms with Crippen molar-refractivity contribution in [2.24, 2.45) is 5.10 Å². The van der Waals surface area contributed by atoms with E-state index in [1.165, 1.54) is 5.01 Å². The van der Waals surface area contributed by atoms with Crippen molar-refractivity contribution >= 4 is 28.9 Å². The summed E-state index contributed by atoms with van der Waals surface area (Å²) in [6.45, 7) is 0.352. The molecule has 8 nitrogen and oxygen atoms in total. The highest BCUT2D eigenvalue weighted by atomic mass is 32.1. The van der Waals surface area contributed by atoms with Gasteiger partial charge in [-0.3, -0.25) is 9.59 Å². The standard InChI is InChI=1S/C26H25N3O5S/c1-32-22-9-8-16(13-23(22)33-2)20-14-19(24-7-4-12-35-24)28-29(20)25(30)15-34-21-6-3-5-18-17(21)10-11-27-26(18)31/h3-9,12-13,20H,10-11,14-15H2,1-2H3,(H,27,31)/t20-/m1/s1. The van der Waals surface area contributed by atoms with Gasteiger partial charge in [-0.1, -0.05) is 18.2 Å². The van der Waals surface area contributed by atoms with Gasteiger partial charge in [0.05, 0.1) is 30.9 Å². The second-order valence-electron chi connectivity index (χ2n) is 8.17. The van der Waals surface area contributed by atoms with Gasteiger partial charge < -0.3 is 19.5 Å². The molecule has 1 atom stereocenters. The molecule has 5 rings (SSSR count). The molecular formula is C26H25N3O5S. The molecule has 0 spiro atoms. The Kier molecular flexibility index (Phi) is 6.41. The first-order chi connectivity index (χ1) is 17.1. The van der Waals surface area contributed by atoms with Crippen LogP contribution in [-0.4, -0.2) is 49.9 Å². The minimum absolute atomic E-state index is 0.124. The number of rotatable bonds is 7. The first kappa shape index (κ1) is 22.9. The second-order valence-corrected chi connectivity index (χ2v) is 9.12. The zero-order valence-electron chi connectivity index (χ0n) is 19.4. The lowest BCUT2D eigenvalue weighted by atomic mass is 9.99. The maximum Gasteiger partial charge on any atom is 0.281 e. The molecule has 3 heterocycles. The maximum atomic E-state index is 13.4. The maximum absolute atomic E-state index is 13.4. The van der Waals surface area contributed by atoms with Crippen molar-refractivity contribution in [2.45, 2.75) is 18.9 Å². The number of carbonyl (C=O) groups excluding carboxylic acids is 2. The average molecular weight is 492 g/mol. The van der Waals surface area contributed by atoms with Crippen LogP contribution in [0.5, 0.6) is 17.2 Å². The van der Waals surface area contributed by atoms with Gasteiger partial charge in [0.15, 0.2) is 18.1 Å². The van der Waals surface area contributed by atoms with Gasteiger partial charge in [-0.05, 0) is 47.7 Å². The fourth-order valence-electron chi connectivity index (χ4n) is 4.42. The monoisotopic (exact) mass is 491 g/mol. The Bertz CT molecular complexity index is 1290. The predicted molar refractivity (Wildman–Crippen MR) is 133 cm³/mol. The van der Waals surface area contributed by atoms with E-state index in [1.54, 1.807) is 43.8 Å². The zero-order chi connectivity index (χ0) is 24.4. The summed E-state index contributed by atoms with van der Waals surface area (Å²) in [7, 11) is 3.17. The highest BCUT2D eigenvalue weighted by Crippen LogP contribution is 2.38. The minimum atomic E-state index is -0.307. The van der Waals surface area contributed by atoms with E-state index in [4.69, 9.17) is 19.3 Å². The largest absolute Gasteiger partial charge is 0.493 e. The third kappa shape index (κ3) is 4.46. The van der Waals surface area contributed by atoms with Crippen molar-refractivity contribution in [1.82, 2.24) is 10.3 Å². The van der Waals surface area contributed by atoms with Crippen LogP contribution in [-0.2, 0) is 11.2 Å². The van der Waals surface area contributed by atoms with E-state index in [0.717, 1.165) is 21.7 Å². The zero-order valence-corrected chi connectivity index (χ0v) is 20.3. The molecule has 0 fully saturated rings. The molecule has 1 N–H and O–H groups in total. The van der Waals surface area contributed by atoms with E-state index < -0.39 is 0 Å². The molecule has 2 aliphatic heterocycles. The molecule has 2 amide bonds. The number of thiophene rings is 1. The van der Waals surface area contributed by atoms with Gasteiger partial charge in [-0.15, -0.1) is 11.3 Å². The number of methoxy groups -OCH3 is 2. The predicted octanol–water partition coefficient (Wildman–Crippen LogP) is 3.81. The van der Waals surface area contributed by atoms with Crippen molar-refractivity contribution in [1.29, 1.82) is 0 Å². The molecule has 0 aliphatic carbocycles. The van der Waals surface area contributed by atoms with Crippen molar-refractivity contribution in [3.63, 3.8) is 0 Å².